The Hall–Kier alpha value is -1.74. The number of carbonyl (C=O) groups is 1. The van der Waals surface area contributed by atoms with E-state index < -0.39 is 13.1 Å². The molecule has 2 rings (SSSR count). The highest BCUT2D eigenvalue weighted by Crippen LogP contribution is 2.43. The van der Waals surface area contributed by atoms with Gasteiger partial charge in [0.25, 0.3) is 0 Å². The van der Waals surface area contributed by atoms with Gasteiger partial charge in [-0.2, -0.15) is 0 Å². The van der Waals surface area contributed by atoms with Crippen molar-refractivity contribution in [2.75, 3.05) is 13.8 Å². The van der Waals surface area contributed by atoms with E-state index in [0.29, 0.717) is 16.6 Å². The Kier molecular flexibility index (Phi) is 5.76. The van der Waals surface area contributed by atoms with Crippen LogP contribution < -0.4 is 10.0 Å². The molecule has 0 aliphatic rings. The summed E-state index contributed by atoms with van der Waals surface area (Å²) in [5.74, 6) is 1.00. The largest absolute Gasteiger partial charge is 0.497 e. The first-order valence-electron chi connectivity index (χ1n) is 6.88. The predicted octanol–water partition coefficient (Wildman–Crippen LogP) is 4.99. The zero-order valence-electron chi connectivity index (χ0n) is 13.0. The average Bonchev–Trinajstić information content (AvgIpc) is 2.52. The highest BCUT2D eigenvalue weighted by Gasteiger charge is 2.17. The molecule has 1 atom stereocenters. The molecule has 0 bridgehead atoms. The lowest BCUT2D eigenvalue weighted by molar-refractivity contribution is 0.0697. The Morgan fingerprint density at radius 2 is 1.83 bits per heavy atom. The molecule has 126 valence electrons. The number of hydrogen-bond acceptors (Lipinski definition) is 3. The van der Waals surface area contributed by atoms with Crippen molar-refractivity contribution in [1.82, 2.24) is 0 Å². The molecule has 0 fully saturated rings. The van der Waals surface area contributed by atoms with Crippen molar-refractivity contribution in [2.24, 2.45) is 0 Å². The van der Waals surface area contributed by atoms with Crippen LogP contribution in [0.25, 0.3) is 6.08 Å². The Morgan fingerprint density at radius 1 is 1.21 bits per heavy atom. The normalized spacial score (nSPS) is 13.7. The number of carboxylic acids is 1. The quantitative estimate of drug-likeness (QED) is 0.737. The molecule has 0 aromatic heterocycles. The van der Waals surface area contributed by atoms with Gasteiger partial charge in [0.2, 0.25) is 0 Å². The van der Waals surface area contributed by atoms with Crippen LogP contribution >= 0.6 is 30.3 Å². The number of benzene rings is 2. The summed E-state index contributed by atoms with van der Waals surface area (Å²) in [4.78, 5) is 11.1. The van der Waals surface area contributed by atoms with Gasteiger partial charge in [0.05, 0.1) is 22.7 Å². The second kappa shape index (κ2) is 7.43. The van der Waals surface area contributed by atoms with E-state index in [1.807, 2.05) is 0 Å². The van der Waals surface area contributed by atoms with Gasteiger partial charge < -0.3 is 14.4 Å². The average molecular weight is 385 g/mol. The van der Waals surface area contributed by atoms with Gasteiger partial charge >= 0.3 is 5.97 Å². The van der Waals surface area contributed by atoms with Gasteiger partial charge in [-0.15, -0.1) is 0 Å². The van der Waals surface area contributed by atoms with Crippen molar-refractivity contribution in [3.63, 3.8) is 0 Å². The third-order valence-electron chi connectivity index (χ3n) is 3.40. The summed E-state index contributed by atoms with van der Waals surface area (Å²) in [5, 5.41) is 9.76. The molecule has 2 aromatic carbocycles. The first kappa shape index (κ1) is 18.6. The maximum atomic E-state index is 12.9. The van der Waals surface area contributed by atoms with E-state index in [4.69, 9.17) is 33.0 Å². The number of halogens is 2. The van der Waals surface area contributed by atoms with Crippen molar-refractivity contribution in [3.05, 3.63) is 63.4 Å². The van der Waals surface area contributed by atoms with Gasteiger partial charge in [0.1, 0.15) is 12.9 Å². The van der Waals surface area contributed by atoms with Crippen molar-refractivity contribution in [3.8, 4) is 5.75 Å². The molecule has 0 saturated heterocycles. The lowest BCUT2D eigenvalue weighted by Gasteiger charge is -2.10. The number of methoxy groups -OCH3 is 1. The van der Waals surface area contributed by atoms with E-state index in [0.717, 1.165) is 0 Å². The lowest BCUT2D eigenvalue weighted by Crippen LogP contribution is -2.02. The van der Waals surface area contributed by atoms with Gasteiger partial charge in [-0.3, -0.25) is 0 Å². The molecular weight excluding hydrogens is 370 g/mol. The van der Waals surface area contributed by atoms with Crippen LogP contribution in [-0.4, -0.2) is 24.9 Å². The molecular formula is C17H15Cl2O4P. The number of ether oxygens (including phenoxy) is 1. The maximum absolute atomic E-state index is 12.9. The fourth-order valence-electron chi connectivity index (χ4n) is 2.09. The summed E-state index contributed by atoms with van der Waals surface area (Å²) in [7, 11) is -1.23. The first-order valence-corrected chi connectivity index (χ1v) is 9.86. The first-order chi connectivity index (χ1) is 11.2. The van der Waals surface area contributed by atoms with E-state index in [9.17, 15) is 9.36 Å². The summed E-state index contributed by atoms with van der Waals surface area (Å²) in [6.07, 6.45) is 1.61. The predicted molar refractivity (Wildman–Crippen MR) is 98.6 cm³/mol. The summed E-state index contributed by atoms with van der Waals surface area (Å²) >= 11 is 11.9. The number of rotatable bonds is 5. The number of hydrogen-bond donors (Lipinski definition) is 1. The molecule has 0 heterocycles. The summed E-state index contributed by atoms with van der Waals surface area (Å²) in [6.45, 7) is 1.63. The fraction of sp³-hybridized carbons (Fsp3) is 0.118. The molecule has 0 amide bonds. The SMILES string of the molecule is COc1cccc(P(C)(=O)C=Cc2cc(Cl)c(C(=O)O)c(Cl)c2)c1. The van der Waals surface area contributed by atoms with Gasteiger partial charge in [-0.05, 0) is 42.3 Å². The van der Waals surface area contributed by atoms with Crippen LogP contribution in [0.2, 0.25) is 10.0 Å². The van der Waals surface area contributed by atoms with Crippen LogP contribution in [0.1, 0.15) is 15.9 Å². The van der Waals surface area contributed by atoms with Gasteiger partial charge in [-0.25, -0.2) is 4.79 Å². The van der Waals surface area contributed by atoms with E-state index >= 15 is 0 Å². The second-order valence-electron chi connectivity index (χ2n) is 5.17. The molecule has 7 heteroatoms. The lowest BCUT2D eigenvalue weighted by atomic mass is 10.1. The maximum Gasteiger partial charge on any atom is 0.338 e. The molecule has 1 unspecified atom stereocenters. The highest BCUT2D eigenvalue weighted by molar-refractivity contribution is 7.74. The Balaban J connectivity index is 2.36. The van der Waals surface area contributed by atoms with Crippen LogP contribution in [0, 0.1) is 0 Å². The minimum Gasteiger partial charge on any atom is -0.497 e. The summed E-state index contributed by atoms with van der Waals surface area (Å²) < 4.78 is 18.0. The molecule has 2 aromatic rings. The second-order valence-corrected chi connectivity index (χ2v) is 8.78. The molecule has 0 aliphatic carbocycles. The van der Waals surface area contributed by atoms with Crippen LogP contribution in [0.4, 0.5) is 0 Å². The Labute approximate surface area is 150 Å². The summed E-state index contributed by atoms with van der Waals surface area (Å²) in [6, 6.07) is 9.97. The van der Waals surface area contributed by atoms with Crippen molar-refractivity contribution >= 4 is 47.7 Å². The monoisotopic (exact) mass is 384 g/mol. The minimum atomic E-state index is -2.77. The Morgan fingerprint density at radius 3 is 2.38 bits per heavy atom. The Bertz CT molecular complexity index is 838. The fourth-order valence-corrected chi connectivity index (χ4v) is 4.15. The van der Waals surface area contributed by atoms with Crippen LogP contribution in [0.3, 0.4) is 0 Å². The molecule has 4 nitrogen and oxygen atoms in total. The molecule has 1 N–H and O–H groups in total. The van der Waals surface area contributed by atoms with Crippen molar-refractivity contribution in [1.29, 1.82) is 0 Å². The molecule has 0 spiro atoms. The topological polar surface area (TPSA) is 63.6 Å². The van der Waals surface area contributed by atoms with Gasteiger partial charge in [-0.1, -0.05) is 41.4 Å². The molecule has 0 aliphatic heterocycles. The minimum absolute atomic E-state index is 0.0296. The zero-order chi connectivity index (χ0) is 17.9. The van der Waals surface area contributed by atoms with Crippen LogP contribution in [0.5, 0.6) is 5.75 Å². The molecule has 24 heavy (non-hydrogen) atoms. The van der Waals surface area contributed by atoms with Gasteiger partial charge in [0.15, 0.2) is 0 Å². The standard InChI is InChI=1S/C17H15Cl2O4P/c1-23-12-4-3-5-13(10-12)24(2,22)7-6-11-8-14(18)16(17(20)21)15(19)9-11/h3-10H,1-2H3,(H,20,21). The third-order valence-corrected chi connectivity index (χ3v) is 6.01. The van der Waals surface area contributed by atoms with E-state index in [1.54, 1.807) is 49.9 Å². The van der Waals surface area contributed by atoms with E-state index in [2.05, 4.69) is 0 Å². The van der Waals surface area contributed by atoms with Crippen molar-refractivity contribution in [2.45, 2.75) is 0 Å². The highest BCUT2D eigenvalue weighted by atomic mass is 35.5. The number of aromatic carboxylic acids is 1. The van der Waals surface area contributed by atoms with Crippen LogP contribution in [-0.2, 0) is 4.57 Å². The van der Waals surface area contributed by atoms with Crippen LogP contribution in [0.15, 0.2) is 42.2 Å². The molecule has 0 saturated carbocycles. The van der Waals surface area contributed by atoms with Gasteiger partial charge in [0, 0.05) is 5.30 Å². The zero-order valence-corrected chi connectivity index (χ0v) is 15.4. The number of carboxylic acid groups (broad SMARTS) is 1. The summed E-state index contributed by atoms with van der Waals surface area (Å²) in [5.41, 5.74) is 0.419. The van der Waals surface area contributed by atoms with Crippen molar-refractivity contribution < 1.29 is 19.2 Å². The van der Waals surface area contributed by atoms with E-state index in [1.165, 1.54) is 12.1 Å². The molecule has 0 radical (unpaired) electrons. The smallest absolute Gasteiger partial charge is 0.338 e. The van der Waals surface area contributed by atoms with E-state index in [-0.39, 0.29) is 15.6 Å². The third kappa shape index (κ3) is 4.21.